The van der Waals surface area contributed by atoms with Crippen molar-refractivity contribution in [3.05, 3.63) is 71.8 Å². The molecule has 6 nitrogen and oxygen atoms in total. The van der Waals surface area contributed by atoms with Crippen molar-refractivity contribution in [1.29, 1.82) is 0 Å². The third-order valence-electron chi connectivity index (χ3n) is 6.39. The Morgan fingerprint density at radius 3 is 2.48 bits per heavy atom. The summed E-state index contributed by atoms with van der Waals surface area (Å²) in [6, 6.07) is 19.7. The normalized spacial score (nSPS) is 15.9. The fraction of sp³-hybridized carbons (Fsp3) is 0.200. The van der Waals surface area contributed by atoms with Gasteiger partial charge in [-0.1, -0.05) is 47.6 Å². The minimum absolute atomic E-state index is 0.00380. The maximum Gasteiger partial charge on any atom is 0.196 e. The predicted octanol–water partition coefficient (Wildman–Crippen LogP) is 3.12. The third kappa shape index (κ3) is 2.83. The van der Waals surface area contributed by atoms with Gasteiger partial charge < -0.3 is 19.6 Å². The van der Waals surface area contributed by atoms with Gasteiger partial charge in [0.2, 0.25) is 0 Å². The smallest absolute Gasteiger partial charge is 0.196 e. The molecule has 1 aromatic heterocycles. The Kier molecular flexibility index (Phi) is 4.07. The molecule has 0 radical (unpaired) electrons. The van der Waals surface area contributed by atoms with Crippen LogP contribution >= 0.6 is 0 Å². The van der Waals surface area contributed by atoms with Crippen LogP contribution in [0.25, 0.3) is 22.2 Å². The van der Waals surface area contributed by atoms with E-state index in [1.165, 1.54) is 4.90 Å². The molecule has 0 spiro atoms. The molecule has 6 rings (SSSR count). The topological polar surface area (TPSA) is 62.8 Å². The van der Waals surface area contributed by atoms with E-state index in [1.54, 1.807) is 0 Å². The first-order valence-corrected chi connectivity index (χ1v) is 10.7. The first-order chi connectivity index (χ1) is 15.2. The van der Waals surface area contributed by atoms with Crippen molar-refractivity contribution in [3.8, 4) is 11.3 Å². The molecule has 1 saturated heterocycles. The van der Waals surface area contributed by atoms with Gasteiger partial charge in [-0.25, -0.2) is 0 Å². The molecular weight excluding hydrogens is 388 g/mol. The second kappa shape index (κ2) is 6.96. The largest absolute Gasteiger partial charge is 0.358 e. The van der Waals surface area contributed by atoms with Crippen molar-refractivity contribution >= 4 is 33.7 Å². The monoisotopic (exact) mass is 411 g/mol. The van der Waals surface area contributed by atoms with Crippen LogP contribution in [0.2, 0.25) is 0 Å². The number of hydrogen-bond donors (Lipinski definition) is 2. The van der Waals surface area contributed by atoms with Crippen LogP contribution in [0.3, 0.4) is 0 Å². The lowest BCUT2D eigenvalue weighted by molar-refractivity contribution is -0.880. The van der Waals surface area contributed by atoms with Crippen LogP contribution in [0, 0.1) is 0 Å². The maximum absolute atomic E-state index is 13.6. The van der Waals surface area contributed by atoms with Crippen molar-refractivity contribution in [2.24, 2.45) is 0 Å². The summed E-state index contributed by atoms with van der Waals surface area (Å²) in [5, 5.41) is 8.77. The number of benzene rings is 3. The van der Waals surface area contributed by atoms with Crippen LogP contribution in [0.1, 0.15) is 15.9 Å². The van der Waals surface area contributed by atoms with Crippen LogP contribution in [0.4, 0.5) is 17.1 Å². The SMILES string of the molecule is C[NH+]1CCN(c2cc(Nc3ccccc3)c3c4c(onc24)-c2ccccc2C3=O)CC1. The number of nitrogens with one attached hydrogen (secondary N) is 2. The van der Waals surface area contributed by atoms with E-state index in [9.17, 15) is 4.79 Å². The fourth-order valence-corrected chi connectivity index (χ4v) is 4.69. The number of hydrogen-bond acceptors (Lipinski definition) is 5. The molecule has 0 atom stereocenters. The lowest BCUT2D eigenvalue weighted by Crippen LogP contribution is -3.12. The molecule has 2 N–H and O–H groups in total. The first kappa shape index (κ1) is 18.2. The van der Waals surface area contributed by atoms with Gasteiger partial charge in [-0.3, -0.25) is 4.79 Å². The molecule has 0 unspecified atom stereocenters. The van der Waals surface area contributed by atoms with E-state index in [4.69, 9.17) is 4.52 Å². The number of piperazine rings is 1. The molecule has 1 fully saturated rings. The van der Waals surface area contributed by atoms with E-state index >= 15 is 0 Å². The second-order valence-corrected chi connectivity index (χ2v) is 8.36. The average molecular weight is 411 g/mol. The molecule has 0 saturated carbocycles. The highest BCUT2D eigenvalue weighted by Crippen LogP contribution is 2.46. The summed E-state index contributed by atoms with van der Waals surface area (Å²) in [5.41, 5.74) is 5.63. The van der Waals surface area contributed by atoms with E-state index in [0.29, 0.717) is 16.9 Å². The van der Waals surface area contributed by atoms with Crippen LogP contribution < -0.4 is 15.1 Å². The van der Waals surface area contributed by atoms with Crippen molar-refractivity contribution in [1.82, 2.24) is 5.16 Å². The summed E-state index contributed by atoms with van der Waals surface area (Å²) in [6.45, 7) is 4.02. The summed E-state index contributed by atoms with van der Waals surface area (Å²) < 4.78 is 5.87. The number of rotatable bonds is 3. The van der Waals surface area contributed by atoms with Crippen LogP contribution in [0.15, 0.2) is 65.2 Å². The highest BCUT2D eigenvalue weighted by atomic mass is 16.5. The highest BCUT2D eigenvalue weighted by molar-refractivity contribution is 6.28. The Balaban J connectivity index is 1.60. The van der Waals surface area contributed by atoms with Crippen molar-refractivity contribution in [3.63, 3.8) is 0 Å². The number of ketones is 1. The van der Waals surface area contributed by atoms with Gasteiger partial charge in [0.15, 0.2) is 11.5 Å². The quantitative estimate of drug-likeness (QED) is 0.478. The van der Waals surface area contributed by atoms with Crippen LogP contribution in [-0.4, -0.2) is 44.2 Å². The average Bonchev–Trinajstić information content (AvgIpc) is 3.24. The molecule has 2 aliphatic rings. The van der Waals surface area contributed by atoms with E-state index in [2.05, 4.69) is 28.5 Å². The Morgan fingerprint density at radius 2 is 1.71 bits per heavy atom. The predicted molar refractivity (Wildman–Crippen MR) is 121 cm³/mol. The highest BCUT2D eigenvalue weighted by Gasteiger charge is 2.34. The minimum atomic E-state index is 0.00380. The number of carbonyl (C=O) groups excluding carboxylic acids is 1. The zero-order valence-corrected chi connectivity index (χ0v) is 17.3. The summed E-state index contributed by atoms with van der Waals surface area (Å²) in [6.07, 6.45) is 0. The van der Waals surface area contributed by atoms with Gasteiger partial charge in [0.1, 0.15) is 5.52 Å². The summed E-state index contributed by atoms with van der Waals surface area (Å²) >= 11 is 0. The molecule has 154 valence electrons. The number of anilines is 3. The fourth-order valence-electron chi connectivity index (χ4n) is 4.69. The summed E-state index contributed by atoms with van der Waals surface area (Å²) in [5.74, 6) is 0.682. The molecule has 6 heteroatoms. The Labute approximate surface area is 180 Å². The molecular formula is C25H23N4O2+. The van der Waals surface area contributed by atoms with Gasteiger partial charge in [-0.15, -0.1) is 0 Å². The number of likely N-dealkylation sites (N-methyl/N-ethyl adjacent to an activating group) is 1. The third-order valence-corrected chi connectivity index (χ3v) is 6.39. The molecule has 3 aromatic carbocycles. The number of aromatic nitrogens is 1. The number of para-hydroxylation sites is 1. The van der Waals surface area contributed by atoms with Gasteiger partial charge in [0, 0.05) is 16.8 Å². The van der Waals surface area contributed by atoms with Crippen LogP contribution in [-0.2, 0) is 0 Å². The number of carbonyl (C=O) groups is 1. The van der Waals surface area contributed by atoms with Crippen LogP contribution in [0.5, 0.6) is 0 Å². The lowest BCUT2D eigenvalue weighted by Gasteiger charge is -2.32. The van der Waals surface area contributed by atoms with Gasteiger partial charge in [-0.05, 0) is 18.2 Å². The summed E-state index contributed by atoms with van der Waals surface area (Å²) in [4.78, 5) is 17.5. The molecule has 1 aliphatic carbocycles. The summed E-state index contributed by atoms with van der Waals surface area (Å²) in [7, 11) is 2.22. The minimum Gasteiger partial charge on any atom is -0.358 e. The lowest BCUT2D eigenvalue weighted by atomic mass is 9.86. The van der Waals surface area contributed by atoms with Crippen molar-refractivity contribution < 1.29 is 14.2 Å². The van der Waals surface area contributed by atoms with E-state index in [-0.39, 0.29) is 5.78 Å². The van der Waals surface area contributed by atoms with E-state index in [0.717, 1.165) is 59.7 Å². The second-order valence-electron chi connectivity index (χ2n) is 8.36. The molecule has 0 bridgehead atoms. The van der Waals surface area contributed by atoms with Crippen molar-refractivity contribution in [2.45, 2.75) is 0 Å². The Hall–Kier alpha value is -3.64. The zero-order valence-electron chi connectivity index (χ0n) is 17.3. The van der Waals surface area contributed by atoms with Crippen molar-refractivity contribution in [2.75, 3.05) is 43.4 Å². The Morgan fingerprint density at radius 1 is 1.00 bits per heavy atom. The maximum atomic E-state index is 13.6. The van der Waals surface area contributed by atoms with E-state index < -0.39 is 0 Å². The van der Waals surface area contributed by atoms with Gasteiger partial charge >= 0.3 is 0 Å². The standard InChI is InChI=1S/C25H22N4O2/c1-28-11-13-29(14-12-28)20-15-19(26-16-7-3-2-4-8-16)21-22-23(20)27-31-25(22)18-10-6-5-9-17(18)24(21)30/h2-10,15,26H,11-14H2,1H3/p+1. The zero-order chi connectivity index (χ0) is 20.9. The number of nitrogens with zero attached hydrogens (tertiary/aromatic N) is 2. The molecule has 2 heterocycles. The molecule has 1 aliphatic heterocycles. The number of fused-ring (bicyclic) bond motifs is 2. The number of quaternary nitrogens is 1. The van der Waals surface area contributed by atoms with Gasteiger partial charge in [-0.2, -0.15) is 0 Å². The Bertz CT molecular complexity index is 1300. The molecule has 4 aromatic rings. The molecule has 31 heavy (non-hydrogen) atoms. The first-order valence-electron chi connectivity index (χ1n) is 10.7. The van der Waals surface area contributed by atoms with E-state index in [1.807, 2.05) is 54.6 Å². The van der Waals surface area contributed by atoms with Gasteiger partial charge in [0.25, 0.3) is 0 Å². The van der Waals surface area contributed by atoms with Gasteiger partial charge in [0.05, 0.1) is 55.6 Å². The molecule has 0 amide bonds.